The van der Waals surface area contributed by atoms with Crippen LogP contribution >= 0.6 is 0 Å². The molecule has 0 aromatic carbocycles. The van der Waals surface area contributed by atoms with Gasteiger partial charge in [-0.05, 0) is 39.3 Å². The van der Waals surface area contributed by atoms with E-state index in [0.29, 0.717) is 6.10 Å². The van der Waals surface area contributed by atoms with Gasteiger partial charge in [0.25, 0.3) is 0 Å². The van der Waals surface area contributed by atoms with Gasteiger partial charge in [0.15, 0.2) is 0 Å². The minimum Gasteiger partial charge on any atom is -0.412 e. The van der Waals surface area contributed by atoms with Crippen molar-refractivity contribution in [3.63, 3.8) is 0 Å². The molecule has 0 heterocycles. The molecular weight excluding hydrogens is 192 g/mol. The van der Waals surface area contributed by atoms with E-state index in [4.69, 9.17) is 4.43 Å². The van der Waals surface area contributed by atoms with Gasteiger partial charge in [0.1, 0.15) is 0 Å². The third kappa shape index (κ3) is 3.37. The van der Waals surface area contributed by atoms with E-state index < -0.39 is 13.5 Å². The molecule has 0 aromatic rings. The van der Waals surface area contributed by atoms with Crippen molar-refractivity contribution >= 4 is 8.32 Å². The second-order valence-electron chi connectivity index (χ2n) is 4.69. The zero-order valence-corrected chi connectivity index (χ0v) is 11.6. The maximum absolute atomic E-state index is 10.2. The van der Waals surface area contributed by atoms with E-state index in [1.54, 1.807) is 0 Å². The third-order valence-corrected chi connectivity index (χ3v) is 7.23. The lowest BCUT2D eigenvalue weighted by molar-refractivity contribution is 0.0773. The van der Waals surface area contributed by atoms with Crippen molar-refractivity contribution in [2.75, 3.05) is 0 Å². The van der Waals surface area contributed by atoms with Crippen LogP contribution in [0.15, 0.2) is 0 Å². The van der Waals surface area contributed by atoms with Crippen LogP contribution in [0.25, 0.3) is 0 Å². The molecule has 0 spiro atoms. The molecule has 3 heteroatoms. The topological polar surface area (TPSA) is 29.5 Å². The van der Waals surface area contributed by atoms with Crippen LogP contribution in [-0.4, -0.2) is 24.8 Å². The van der Waals surface area contributed by atoms with Crippen LogP contribution in [0.5, 0.6) is 0 Å². The summed E-state index contributed by atoms with van der Waals surface area (Å²) in [5.41, 5.74) is 0. The molecule has 0 aliphatic heterocycles. The largest absolute Gasteiger partial charge is 0.412 e. The van der Waals surface area contributed by atoms with Gasteiger partial charge in [-0.15, -0.1) is 0 Å². The van der Waals surface area contributed by atoms with Crippen LogP contribution in [0.3, 0.4) is 0 Å². The molecule has 0 radical (unpaired) electrons. The van der Waals surface area contributed by atoms with E-state index >= 15 is 0 Å². The summed E-state index contributed by atoms with van der Waals surface area (Å²) >= 11 is 0. The summed E-state index contributed by atoms with van der Waals surface area (Å²) in [6, 6.07) is 0. The monoisotopic (exact) mass is 218 g/mol. The number of aliphatic hydroxyl groups is 1. The molecular formula is C11H26O2Si. The fraction of sp³-hybridized carbons (Fsp3) is 1.00. The molecule has 2 nitrogen and oxygen atoms in total. The molecule has 0 bridgehead atoms. The van der Waals surface area contributed by atoms with Gasteiger partial charge in [0.05, 0.1) is 5.22 Å². The quantitative estimate of drug-likeness (QED) is 0.694. The summed E-state index contributed by atoms with van der Waals surface area (Å²) in [4.78, 5) is 0. The Morgan fingerprint density at radius 3 is 1.93 bits per heavy atom. The SMILES string of the molecule is CCC(CC)O[Si](C)(C)C(C)(O)CC. The molecule has 14 heavy (non-hydrogen) atoms. The fourth-order valence-electron chi connectivity index (χ4n) is 1.42. The first kappa shape index (κ1) is 14.1. The molecule has 1 atom stereocenters. The van der Waals surface area contributed by atoms with Gasteiger partial charge in [-0.1, -0.05) is 20.8 Å². The Morgan fingerprint density at radius 1 is 1.21 bits per heavy atom. The van der Waals surface area contributed by atoms with Crippen molar-refractivity contribution in [2.45, 2.75) is 71.4 Å². The van der Waals surface area contributed by atoms with E-state index in [1.807, 2.05) is 13.8 Å². The van der Waals surface area contributed by atoms with Gasteiger partial charge in [-0.3, -0.25) is 0 Å². The lowest BCUT2D eigenvalue weighted by Gasteiger charge is -2.39. The van der Waals surface area contributed by atoms with Crippen molar-refractivity contribution < 1.29 is 9.53 Å². The van der Waals surface area contributed by atoms with E-state index in [1.165, 1.54) is 0 Å². The van der Waals surface area contributed by atoms with Gasteiger partial charge < -0.3 is 9.53 Å². The molecule has 0 aliphatic carbocycles. The highest BCUT2D eigenvalue weighted by atomic mass is 28.4. The van der Waals surface area contributed by atoms with Gasteiger partial charge in [0, 0.05) is 6.10 Å². The van der Waals surface area contributed by atoms with Gasteiger partial charge in [0.2, 0.25) is 8.32 Å². The van der Waals surface area contributed by atoms with Crippen LogP contribution in [0, 0.1) is 0 Å². The summed E-state index contributed by atoms with van der Waals surface area (Å²) in [6.07, 6.45) is 3.15. The van der Waals surface area contributed by atoms with Crippen LogP contribution in [-0.2, 0) is 4.43 Å². The van der Waals surface area contributed by atoms with Crippen LogP contribution in [0.1, 0.15) is 47.0 Å². The lowest BCUT2D eigenvalue weighted by Crippen LogP contribution is -2.55. The first-order valence-corrected chi connectivity index (χ1v) is 8.61. The van der Waals surface area contributed by atoms with E-state index in [9.17, 15) is 5.11 Å². The summed E-state index contributed by atoms with van der Waals surface area (Å²) < 4.78 is 6.08. The first-order chi connectivity index (χ1) is 6.30. The molecule has 86 valence electrons. The van der Waals surface area contributed by atoms with Crippen molar-refractivity contribution in [2.24, 2.45) is 0 Å². The van der Waals surface area contributed by atoms with Crippen molar-refractivity contribution in [1.29, 1.82) is 0 Å². The maximum Gasteiger partial charge on any atom is 0.217 e. The molecule has 0 saturated heterocycles. The van der Waals surface area contributed by atoms with E-state index in [0.717, 1.165) is 19.3 Å². The average Bonchev–Trinajstić information content (AvgIpc) is 2.13. The molecule has 1 N–H and O–H groups in total. The highest BCUT2D eigenvalue weighted by Crippen LogP contribution is 2.27. The molecule has 1 unspecified atom stereocenters. The lowest BCUT2D eigenvalue weighted by atomic mass is 10.2. The second-order valence-corrected chi connectivity index (χ2v) is 9.03. The van der Waals surface area contributed by atoms with Crippen molar-refractivity contribution in [1.82, 2.24) is 0 Å². The van der Waals surface area contributed by atoms with Crippen molar-refractivity contribution in [3.05, 3.63) is 0 Å². The summed E-state index contributed by atoms with van der Waals surface area (Å²) in [5, 5.41) is 9.61. The molecule has 0 aromatic heterocycles. The Labute approximate surface area is 89.8 Å². The predicted octanol–water partition coefficient (Wildman–Crippen LogP) is 3.10. The molecule has 0 rings (SSSR count). The minimum atomic E-state index is -1.98. The van der Waals surface area contributed by atoms with Gasteiger partial charge in [-0.25, -0.2) is 0 Å². The minimum absolute atomic E-state index is 0.315. The maximum atomic E-state index is 10.2. The summed E-state index contributed by atoms with van der Waals surface area (Å²) in [6.45, 7) is 12.4. The number of rotatable bonds is 6. The number of hydrogen-bond donors (Lipinski definition) is 1. The average molecular weight is 218 g/mol. The standard InChI is InChI=1S/C11H26O2Si/c1-7-10(8-2)13-14(5,6)11(4,12)9-3/h10,12H,7-9H2,1-6H3. The summed E-state index contributed by atoms with van der Waals surface area (Å²) in [7, 11) is -1.98. The number of hydrogen-bond acceptors (Lipinski definition) is 2. The van der Waals surface area contributed by atoms with Crippen LogP contribution in [0.4, 0.5) is 0 Å². The smallest absolute Gasteiger partial charge is 0.217 e. The Kier molecular flexibility index (Phi) is 5.34. The Hall–Kier alpha value is 0.137. The third-order valence-electron chi connectivity index (χ3n) is 3.36. The van der Waals surface area contributed by atoms with Crippen molar-refractivity contribution in [3.8, 4) is 0 Å². The normalized spacial score (nSPS) is 17.1. The van der Waals surface area contributed by atoms with Gasteiger partial charge >= 0.3 is 0 Å². The molecule has 0 saturated carbocycles. The first-order valence-electron chi connectivity index (χ1n) is 5.70. The molecule has 0 aliphatic rings. The second kappa shape index (κ2) is 5.28. The van der Waals surface area contributed by atoms with Crippen LogP contribution < -0.4 is 0 Å². The summed E-state index contributed by atoms with van der Waals surface area (Å²) in [5.74, 6) is 0. The fourth-order valence-corrected chi connectivity index (χ4v) is 3.70. The van der Waals surface area contributed by atoms with Crippen LogP contribution in [0.2, 0.25) is 13.1 Å². The predicted molar refractivity (Wildman–Crippen MR) is 63.9 cm³/mol. The Morgan fingerprint density at radius 2 is 1.64 bits per heavy atom. The Bertz CT molecular complexity index is 163. The molecule has 0 fully saturated rings. The molecule has 0 amide bonds. The van der Waals surface area contributed by atoms with E-state index in [2.05, 4.69) is 26.9 Å². The highest BCUT2D eigenvalue weighted by Gasteiger charge is 2.43. The van der Waals surface area contributed by atoms with Gasteiger partial charge in [-0.2, -0.15) is 0 Å². The Balaban J connectivity index is 4.46. The zero-order chi connectivity index (χ0) is 11.4. The van der Waals surface area contributed by atoms with E-state index in [-0.39, 0.29) is 0 Å². The zero-order valence-electron chi connectivity index (χ0n) is 10.6. The highest BCUT2D eigenvalue weighted by molar-refractivity contribution is 6.74.